The molecular weight excluding hydrogens is 336 g/mol. The summed E-state index contributed by atoms with van der Waals surface area (Å²) in [5.74, 6) is 0.296. The summed E-state index contributed by atoms with van der Waals surface area (Å²) >= 11 is 0. The van der Waals surface area contributed by atoms with Crippen molar-refractivity contribution in [2.45, 2.75) is 47.5 Å². The first-order valence-corrected chi connectivity index (χ1v) is 10.3. The molecule has 0 spiro atoms. The highest BCUT2D eigenvalue weighted by molar-refractivity contribution is 5.89. The molecule has 0 bridgehead atoms. The maximum atomic E-state index is 2.42. The minimum atomic E-state index is 0.156. The molecule has 1 unspecified atom stereocenters. The minimum Gasteiger partial charge on any atom is -0.0756 e. The zero-order valence-electron chi connectivity index (χ0n) is 17.9. The molecule has 0 saturated carbocycles. The van der Waals surface area contributed by atoms with Gasteiger partial charge in [0.15, 0.2) is 0 Å². The third-order valence-electron chi connectivity index (χ3n) is 5.80. The first-order chi connectivity index (χ1) is 13.3. The van der Waals surface area contributed by atoms with E-state index in [1.165, 1.54) is 50.1 Å². The second-order valence-corrected chi connectivity index (χ2v) is 9.29. The van der Waals surface area contributed by atoms with Crippen molar-refractivity contribution in [3.8, 4) is 11.1 Å². The van der Waals surface area contributed by atoms with E-state index in [0.717, 1.165) is 0 Å². The van der Waals surface area contributed by atoms with Gasteiger partial charge >= 0.3 is 0 Å². The van der Waals surface area contributed by atoms with E-state index in [2.05, 4.69) is 108 Å². The Morgan fingerprint density at radius 3 is 2.21 bits per heavy atom. The largest absolute Gasteiger partial charge is 0.0756 e. The van der Waals surface area contributed by atoms with Gasteiger partial charge in [-0.1, -0.05) is 87.5 Å². The summed E-state index contributed by atoms with van der Waals surface area (Å²) in [6.07, 6.45) is 2.42. The first-order valence-electron chi connectivity index (χ1n) is 10.3. The van der Waals surface area contributed by atoms with Gasteiger partial charge in [-0.15, -0.1) is 0 Å². The molecule has 4 rings (SSSR count). The van der Waals surface area contributed by atoms with E-state index >= 15 is 0 Å². The fraction of sp³-hybridized carbons (Fsp3) is 0.286. The molecule has 0 heterocycles. The number of benzene rings is 3. The molecule has 0 N–H and O–H groups in total. The highest BCUT2D eigenvalue weighted by Gasteiger charge is 2.33. The maximum Gasteiger partial charge on any atom is 0.0358 e. The second kappa shape index (κ2) is 6.78. The number of rotatable bonds is 2. The number of aryl methyl sites for hydroxylation is 2. The second-order valence-electron chi connectivity index (χ2n) is 9.29. The third kappa shape index (κ3) is 3.11. The quantitative estimate of drug-likeness (QED) is 0.338. The van der Waals surface area contributed by atoms with E-state index in [4.69, 9.17) is 0 Å². The maximum absolute atomic E-state index is 2.42. The molecule has 0 heteroatoms. The molecule has 1 aliphatic carbocycles. The van der Waals surface area contributed by atoms with E-state index in [-0.39, 0.29) is 5.41 Å². The van der Waals surface area contributed by atoms with Crippen LogP contribution >= 0.6 is 0 Å². The smallest absolute Gasteiger partial charge is 0.0358 e. The highest BCUT2D eigenvalue weighted by Crippen LogP contribution is 2.52. The Labute approximate surface area is 169 Å². The predicted octanol–water partition coefficient (Wildman–Crippen LogP) is 7.91. The SMILES string of the molecule is C/C(=C/C(C)(C)C)c1c(C)ccc2c1C(c1ccccc1)c1cccc(C)c1-2. The molecule has 0 saturated heterocycles. The van der Waals surface area contributed by atoms with E-state index < -0.39 is 0 Å². The Bertz CT molecular complexity index is 1060. The van der Waals surface area contributed by atoms with Gasteiger partial charge in [0.25, 0.3) is 0 Å². The molecule has 1 aliphatic rings. The lowest BCUT2D eigenvalue weighted by Gasteiger charge is -2.22. The fourth-order valence-electron chi connectivity index (χ4n) is 4.94. The standard InChI is InChI=1S/C28H30/c1-18-11-10-14-22-25(18)23-16-15-19(2)24(20(3)17-28(4,5)6)27(23)26(22)21-12-8-7-9-13-21/h7-17,26H,1-6H3/b20-17-. The lowest BCUT2D eigenvalue weighted by Crippen LogP contribution is -2.06. The van der Waals surface area contributed by atoms with E-state index in [1.54, 1.807) is 0 Å². The zero-order valence-corrected chi connectivity index (χ0v) is 17.9. The Hall–Kier alpha value is -2.60. The lowest BCUT2D eigenvalue weighted by atomic mass is 9.81. The number of fused-ring (bicyclic) bond motifs is 3. The summed E-state index contributed by atoms with van der Waals surface area (Å²) in [6.45, 7) is 13.6. The Balaban J connectivity index is 2.07. The van der Waals surface area contributed by atoms with E-state index in [1.807, 2.05) is 0 Å². The Morgan fingerprint density at radius 2 is 1.54 bits per heavy atom. The summed E-state index contributed by atoms with van der Waals surface area (Å²) in [7, 11) is 0. The van der Waals surface area contributed by atoms with Crippen LogP contribution in [0.5, 0.6) is 0 Å². The molecule has 28 heavy (non-hydrogen) atoms. The van der Waals surface area contributed by atoms with Crippen molar-refractivity contribution < 1.29 is 0 Å². The number of allylic oxidation sites excluding steroid dienone is 2. The predicted molar refractivity (Wildman–Crippen MR) is 122 cm³/mol. The third-order valence-corrected chi connectivity index (χ3v) is 5.80. The molecule has 0 aliphatic heterocycles. The summed E-state index contributed by atoms with van der Waals surface area (Å²) in [5, 5.41) is 0. The van der Waals surface area contributed by atoms with Crippen LogP contribution < -0.4 is 0 Å². The molecule has 1 atom stereocenters. The van der Waals surface area contributed by atoms with Gasteiger partial charge in [-0.2, -0.15) is 0 Å². The van der Waals surface area contributed by atoms with Crippen LogP contribution in [0, 0.1) is 19.3 Å². The van der Waals surface area contributed by atoms with Crippen molar-refractivity contribution >= 4 is 5.57 Å². The van der Waals surface area contributed by atoms with Crippen LogP contribution in [0.2, 0.25) is 0 Å². The summed E-state index contributed by atoms with van der Waals surface area (Å²) in [5.41, 5.74) is 12.8. The number of hydrogen-bond donors (Lipinski definition) is 0. The summed E-state index contributed by atoms with van der Waals surface area (Å²) in [4.78, 5) is 0. The normalized spacial score (nSPS) is 16.1. The summed E-state index contributed by atoms with van der Waals surface area (Å²) < 4.78 is 0. The molecule has 0 fully saturated rings. The molecule has 0 radical (unpaired) electrons. The Kier molecular flexibility index (Phi) is 4.54. The Morgan fingerprint density at radius 1 is 0.821 bits per heavy atom. The van der Waals surface area contributed by atoms with Gasteiger partial charge in [0.1, 0.15) is 0 Å². The van der Waals surface area contributed by atoms with Crippen molar-refractivity contribution in [2.24, 2.45) is 5.41 Å². The topological polar surface area (TPSA) is 0 Å². The molecule has 3 aromatic carbocycles. The van der Waals surface area contributed by atoms with Crippen molar-refractivity contribution in [2.75, 3.05) is 0 Å². The van der Waals surface area contributed by atoms with Crippen LogP contribution in [0.4, 0.5) is 0 Å². The van der Waals surface area contributed by atoms with Crippen LogP contribution in [-0.4, -0.2) is 0 Å². The average molecular weight is 367 g/mol. The summed E-state index contributed by atoms with van der Waals surface area (Å²) in [6, 6.07) is 22.4. The van der Waals surface area contributed by atoms with Crippen molar-refractivity contribution in [1.29, 1.82) is 0 Å². The fourth-order valence-corrected chi connectivity index (χ4v) is 4.94. The van der Waals surface area contributed by atoms with Crippen molar-refractivity contribution in [3.05, 3.63) is 100 Å². The zero-order chi connectivity index (χ0) is 20.1. The van der Waals surface area contributed by atoms with Crippen LogP contribution in [0.15, 0.2) is 66.7 Å². The molecule has 142 valence electrons. The van der Waals surface area contributed by atoms with Gasteiger partial charge in [-0.05, 0) is 76.3 Å². The van der Waals surface area contributed by atoms with E-state index in [9.17, 15) is 0 Å². The first kappa shape index (κ1) is 18.7. The average Bonchev–Trinajstić information content (AvgIpc) is 2.96. The van der Waals surface area contributed by atoms with Crippen molar-refractivity contribution in [1.82, 2.24) is 0 Å². The van der Waals surface area contributed by atoms with Crippen LogP contribution in [0.1, 0.15) is 67.0 Å². The molecule has 0 amide bonds. The number of hydrogen-bond acceptors (Lipinski definition) is 0. The van der Waals surface area contributed by atoms with Crippen LogP contribution in [-0.2, 0) is 0 Å². The van der Waals surface area contributed by atoms with Gasteiger partial charge < -0.3 is 0 Å². The monoisotopic (exact) mass is 366 g/mol. The molecule has 0 aromatic heterocycles. The minimum absolute atomic E-state index is 0.156. The van der Waals surface area contributed by atoms with E-state index in [0.29, 0.717) is 5.92 Å². The van der Waals surface area contributed by atoms with Gasteiger partial charge in [0, 0.05) is 5.92 Å². The van der Waals surface area contributed by atoms with Gasteiger partial charge in [-0.25, -0.2) is 0 Å². The van der Waals surface area contributed by atoms with Crippen LogP contribution in [0.25, 0.3) is 16.7 Å². The van der Waals surface area contributed by atoms with Gasteiger partial charge in [-0.3, -0.25) is 0 Å². The van der Waals surface area contributed by atoms with Gasteiger partial charge in [0.2, 0.25) is 0 Å². The van der Waals surface area contributed by atoms with Crippen LogP contribution in [0.3, 0.4) is 0 Å². The molecular formula is C28H30. The van der Waals surface area contributed by atoms with Gasteiger partial charge in [0.05, 0.1) is 0 Å². The van der Waals surface area contributed by atoms with Crippen molar-refractivity contribution in [3.63, 3.8) is 0 Å². The lowest BCUT2D eigenvalue weighted by molar-refractivity contribution is 0.545. The molecule has 3 aromatic rings. The highest BCUT2D eigenvalue weighted by atomic mass is 14.4. The molecule has 0 nitrogen and oxygen atoms in total.